The third kappa shape index (κ3) is 3.98. The summed E-state index contributed by atoms with van der Waals surface area (Å²) in [6, 6.07) is 21.2. The quantitative estimate of drug-likeness (QED) is 0.360. The molecule has 1 aliphatic heterocycles. The fraction of sp³-hybridized carbons (Fsp3) is 0.233. The Morgan fingerprint density at radius 3 is 2.55 bits per heavy atom. The Kier molecular flexibility index (Phi) is 6.07. The Morgan fingerprint density at radius 1 is 0.974 bits per heavy atom. The molecule has 192 valence electrons. The van der Waals surface area contributed by atoms with Gasteiger partial charge in [-0.15, -0.1) is 0 Å². The minimum Gasteiger partial charge on any atom is -0.493 e. The summed E-state index contributed by atoms with van der Waals surface area (Å²) in [4.78, 5) is 31.4. The van der Waals surface area contributed by atoms with Crippen molar-refractivity contribution in [2.45, 2.75) is 25.9 Å². The largest absolute Gasteiger partial charge is 0.493 e. The normalized spacial score (nSPS) is 12.3. The van der Waals surface area contributed by atoms with Gasteiger partial charge in [-0.05, 0) is 54.3 Å². The van der Waals surface area contributed by atoms with Gasteiger partial charge in [-0.3, -0.25) is 14.2 Å². The SMILES string of the molecule is COc1ccc(CCNC(=O)Cn2c3c(c4ccccc42)CCn2c-3nc3ccccc3c2=O)cc1OC. The zero-order valence-electron chi connectivity index (χ0n) is 21.4. The lowest BCUT2D eigenvalue weighted by atomic mass is 10.0. The number of benzene rings is 3. The van der Waals surface area contributed by atoms with Crippen LogP contribution in [0.3, 0.4) is 0 Å². The molecule has 0 fully saturated rings. The molecule has 0 bridgehead atoms. The van der Waals surface area contributed by atoms with Crippen LogP contribution in [-0.4, -0.2) is 40.8 Å². The van der Waals surface area contributed by atoms with Crippen LogP contribution in [0.25, 0.3) is 33.3 Å². The second kappa shape index (κ2) is 9.70. The van der Waals surface area contributed by atoms with Crippen molar-refractivity contribution < 1.29 is 14.3 Å². The van der Waals surface area contributed by atoms with E-state index in [-0.39, 0.29) is 18.0 Å². The maximum Gasteiger partial charge on any atom is 0.261 e. The molecule has 0 atom stereocenters. The third-order valence-electron chi connectivity index (χ3n) is 7.22. The molecule has 1 amide bonds. The number of carbonyl (C=O) groups excluding carboxylic acids is 1. The number of nitrogens with one attached hydrogen (secondary N) is 1. The molecule has 0 radical (unpaired) electrons. The van der Waals surface area contributed by atoms with Crippen molar-refractivity contribution in [3.05, 3.63) is 88.2 Å². The molecular formula is C30H28N4O4. The van der Waals surface area contributed by atoms with Crippen LogP contribution in [0.4, 0.5) is 0 Å². The van der Waals surface area contributed by atoms with Gasteiger partial charge in [0.1, 0.15) is 6.54 Å². The van der Waals surface area contributed by atoms with Crippen LogP contribution in [-0.2, 0) is 30.7 Å². The first kappa shape index (κ1) is 23.8. The van der Waals surface area contributed by atoms with Gasteiger partial charge in [0, 0.05) is 24.0 Å². The van der Waals surface area contributed by atoms with E-state index in [0.29, 0.717) is 54.2 Å². The number of hydrogen-bond donors (Lipinski definition) is 1. The molecule has 1 aliphatic rings. The lowest BCUT2D eigenvalue weighted by Crippen LogP contribution is -2.31. The van der Waals surface area contributed by atoms with Gasteiger partial charge in [0.15, 0.2) is 17.3 Å². The van der Waals surface area contributed by atoms with Crippen LogP contribution < -0.4 is 20.3 Å². The predicted molar refractivity (Wildman–Crippen MR) is 147 cm³/mol. The highest BCUT2D eigenvalue weighted by Crippen LogP contribution is 2.36. The number of methoxy groups -OCH3 is 2. The first-order valence-electron chi connectivity index (χ1n) is 12.7. The van der Waals surface area contributed by atoms with Gasteiger partial charge in [-0.25, -0.2) is 4.98 Å². The Morgan fingerprint density at radius 2 is 1.74 bits per heavy atom. The highest BCUT2D eigenvalue weighted by molar-refractivity contribution is 5.93. The summed E-state index contributed by atoms with van der Waals surface area (Å²) >= 11 is 0. The summed E-state index contributed by atoms with van der Waals surface area (Å²) in [7, 11) is 3.21. The Balaban J connectivity index is 1.31. The van der Waals surface area contributed by atoms with Crippen molar-refractivity contribution in [1.82, 2.24) is 19.4 Å². The van der Waals surface area contributed by atoms with E-state index in [1.807, 2.05) is 65.2 Å². The minimum atomic E-state index is -0.103. The number of carbonyl (C=O) groups is 1. The lowest BCUT2D eigenvalue weighted by Gasteiger charge is -2.21. The molecular weight excluding hydrogens is 480 g/mol. The topological polar surface area (TPSA) is 87.4 Å². The molecule has 0 spiro atoms. The van der Waals surface area contributed by atoms with Crippen LogP contribution in [0.5, 0.6) is 11.5 Å². The van der Waals surface area contributed by atoms with E-state index in [2.05, 4.69) is 11.4 Å². The minimum absolute atomic E-state index is 0.0487. The summed E-state index contributed by atoms with van der Waals surface area (Å²) in [5, 5.41) is 4.75. The van der Waals surface area contributed by atoms with Crippen molar-refractivity contribution in [3.8, 4) is 23.0 Å². The molecule has 8 heteroatoms. The molecule has 0 saturated heterocycles. The summed E-state index contributed by atoms with van der Waals surface area (Å²) in [5.74, 6) is 1.85. The fourth-order valence-electron chi connectivity index (χ4n) is 5.41. The summed E-state index contributed by atoms with van der Waals surface area (Å²) < 4.78 is 14.4. The Bertz CT molecular complexity index is 1750. The molecule has 1 N–H and O–H groups in total. The van der Waals surface area contributed by atoms with E-state index in [9.17, 15) is 9.59 Å². The van der Waals surface area contributed by atoms with Gasteiger partial charge < -0.3 is 19.4 Å². The van der Waals surface area contributed by atoms with E-state index in [4.69, 9.17) is 14.5 Å². The highest BCUT2D eigenvalue weighted by Gasteiger charge is 2.27. The predicted octanol–water partition coefficient (Wildman–Crippen LogP) is 3.95. The van der Waals surface area contributed by atoms with Crippen molar-refractivity contribution >= 4 is 27.7 Å². The second-order valence-corrected chi connectivity index (χ2v) is 9.38. The van der Waals surface area contributed by atoms with Crippen LogP contribution >= 0.6 is 0 Å². The Labute approximate surface area is 219 Å². The highest BCUT2D eigenvalue weighted by atomic mass is 16.5. The lowest BCUT2D eigenvalue weighted by molar-refractivity contribution is -0.121. The molecule has 38 heavy (non-hydrogen) atoms. The number of ether oxygens (including phenoxy) is 2. The number of amides is 1. The van der Waals surface area contributed by atoms with Gasteiger partial charge in [-0.1, -0.05) is 36.4 Å². The number of rotatable bonds is 7. The van der Waals surface area contributed by atoms with Crippen molar-refractivity contribution in [3.63, 3.8) is 0 Å². The molecule has 3 aromatic carbocycles. The number of nitrogens with zero attached hydrogens (tertiary/aromatic N) is 3. The first-order chi connectivity index (χ1) is 18.6. The van der Waals surface area contributed by atoms with E-state index in [1.54, 1.807) is 18.8 Å². The van der Waals surface area contributed by atoms with Crippen LogP contribution in [0.1, 0.15) is 11.1 Å². The summed E-state index contributed by atoms with van der Waals surface area (Å²) in [5.41, 5.74) is 4.58. The van der Waals surface area contributed by atoms with E-state index in [1.165, 1.54) is 0 Å². The number of para-hydroxylation sites is 2. The van der Waals surface area contributed by atoms with Crippen LogP contribution in [0, 0.1) is 0 Å². The average molecular weight is 509 g/mol. The molecule has 0 aliphatic carbocycles. The van der Waals surface area contributed by atoms with E-state index >= 15 is 0 Å². The van der Waals surface area contributed by atoms with Gasteiger partial charge >= 0.3 is 0 Å². The molecule has 0 saturated carbocycles. The van der Waals surface area contributed by atoms with Crippen molar-refractivity contribution in [2.75, 3.05) is 20.8 Å². The number of aryl methyl sites for hydroxylation is 1. The molecule has 0 unspecified atom stereocenters. The summed E-state index contributed by atoms with van der Waals surface area (Å²) in [6.07, 6.45) is 1.36. The van der Waals surface area contributed by atoms with Crippen LogP contribution in [0.15, 0.2) is 71.5 Å². The molecule has 3 heterocycles. The molecule has 5 aromatic rings. The zero-order chi connectivity index (χ0) is 26.2. The van der Waals surface area contributed by atoms with Gasteiger partial charge in [0.2, 0.25) is 5.91 Å². The summed E-state index contributed by atoms with van der Waals surface area (Å²) in [6.45, 7) is 1.17. The first-order valence-corrected chi connectivity index (χ1v) is 12.7. The molecule has 6 rings (SSSR count). The Hall–Kier alpha value is -4.59. The molecule has 8 nitrogen and oxygen atoms in total. The number of fused-ring (bicyclic) bond motifs is 6. The van der Waals surface area contributed by atoms with Gasteiger partial charge in [0.05, 0.1) is 30.8 Å². The smallest absolute Gasteiger partial charge is 0.261 e. The monoisotopic (exact) mass is 508 g/mol. The van der Waals surface area contributed by atoms with Crippen molar-refractivity contribution in [2.24, 2.45) is 0 Å². The van der Waals surface area contributed by atoms with Crippen molar-refractivity contribution in [1.29, 1.82) is 0 Å². The standard InChI is InChI=1S/C30H28N4O4/c1-37-25-12-11-19(17-26(25)38-2)13-15-31-27(35)18-34-24-10-6-4-7-20(24)21-14-16-33-29(28(21)34)32-23-9-5-3-8-22(23)30(33)36/h3-12,17H,13-16,18H2,1-2H3,(H,31,35). The second-order valence-electron chi connectivity index (χ2n) is 9.38. The number of hydrogen-bond acceptors (Lipinski definition) is 5. The van der Waals surface area contributed by atoms with Gasteiger partial charge in [0.25, 0.3) is 5.56 Å². The van der Waals surface area contributed by atoms with E-state index < -0.39 is 0 Å². The molecule has 2 aromatic heterocycles. The third-order valence-corrected chi connectivity index (χ3v) is 7.22. The fourth-order valence-corrected chi connectivity index (χ4v) is 5.41. The number of aromatic nitrogens is 3. The maximum atomic E-state index is 13.3. The van der Waals surface area contributed by atoms with Gasteiger partial charge in [-0.2, -0.15) is 0 Å². The maximum absolute atomic E-state index is 13.3. The van der Waals surface area contributed by atoms with E-state index in [0.717, 1.165) is 27.7 Å². The average Bonchev–Trinajstić information content (AvgIpc) is 3.27. The van der Waals surface area contributed by atoms with Crippen LogP contribution in [0.2, 0.25) is 0 Å². The zero-order valence-corrected chi connectivity index (χ0v) is 21.4.